The molecular formula is C16H12FNO. The van der Waals surface area contributed by atoms with Gasteiger partial charge in [-0.05, 0) is 42.8 Å². The molecule has 0 aromatic heterocycles. The Morgan fingerprint density at radius 3 is 2.74 bits per heavy atom. The molecule has 1 N–H and O–H groups in total. The topological polar surface area (TPSA) is 29.1 Å². The molecule has 0 aliphatic heterocycles. The van der Waals surface area contributed by atoms with Crippen molar-refractivity contribution in [3.05, 3.63) is 65.0 Å². The van der Waals surface area contributed by atoms with Crippen LogP contribution in [0, 0.1) is 25.1 Å². The van der Waals surface area contributed by atoms with E-state index in [4.69, 9.17) is 6.42 Å². The summed E-state index contributed by atoms with van der Waals surface area (Å²) in [6.07, 6.45) is 5.37. The summed E-state index contributed by atoms with van der Waals surface area (Å²) in [5, 5.41) is 2.69. The average Bonchev–Trinajstić information content (AvgIpc) is 2.41. The number of benzene rings is 2. The highest BCUT2D eigenvalue weighted by atomic mass is 19.1. The minimum atomic E-state index is -0.444. The van der Waals surface area contributed by atoms with Crippen LogP contribution >= 0.6 is 0 Å². The molecule has 0 heterocycles. The lowest BCUT2D eigenvalue weighted by molar-refractivity contribution is 0.102. The van der Waals surface area contributed by atoms with E-state index in [0.29, 0.717) is 5.69 Å². The number of hydrogen-bond acceptors (Lipinski definition) is 1. The fourth-order valence-electron chi connectivity index (χ4n) is 1.69. The zero-order chi connectivity index (χ0) is 13.8. The van der Waals surface area contributed by atoms with Gasteiger partial charge in [0.25, 0.3) is 5.91 Å². The van der Waals surface area contributed by atoms with Crippen molar-refractivity contribution in [2.75, 3.05) is 5.32 Å². The van der Waals surface area contributed by atoms with Crippen LogP contribution in [0.3, 0.4) is 0 Å². The smallest absolute Gasteiger partial charge is 0.255 e. The third-order valence-electron chi connectivity index (χ3n) is 2.74. The molecule has 0 atom stereocenters. The van der Waals surface area contributed by atoms with Crippen molar-refractivity contribution in [1.82, 2.24) is 0 Å². The van der Waals surface area contributed by atoms with E-state index in [-0.39, 0.29) is 11.5 Å². The van der Waals surface area contributed by atoms with Gasteiger partial charge in [-0.2, -0.15) is 0 Å². The second kappa shape index (κ2) is 5.36. The molecule has 0 saturated carbocycles. The Morgan fingerprint density at radius 2 is 2.05 bits per heavy atom. The Bertz CT molecular complexity index is 671. The van der Waals surface area contributed by atoms with Gasteiger partial charge in [0.05, 0.1) is 0 Å². The second-order valence-electron chi connectivity index (χ2n) is 4.14. The molecule has 2 nitrogen and oxygen atoms in total. The molecule has 1 amide bonds. The fourth-order valence-corrected chi connectivity index (χ4v) is 1.69. The van der Waals surface area contributed by atoms with Crippen molar-refractivity contribution in [3.8, 4) is 12.3 Å². The van der Waals surface area contributed by atoms with E-state index in [0.717, 1.165) is 11.1 Å². The summed E-state index contributed by atoms with van der Waals surface area (Å²) in [6, 6.07) is 10.8. The Balaban J connectivity index is 2.22. The maximum absolute atomic E-state index is 13.0. The molecule has 94 valence electrons. The highest BCUT2D eigenvalue weighted by Gasteiger charge is 2.07. The molecule has 0 aliphatic carbocycles. The number of nitrogens with one attached hydrogen (secondary N) is 1. The third kappa shape index (κ3) is 2.99. The summed E-state index contributed by atoms with van der Waals surface area (Å²) in [5.41, 5.74) is 2.54. The van der Waals surface area contributed by atoms with Crippen molar-refractivity contribution in [3.63, 3.8) is 0 Å². The van der Waals surface area contributed by atoms with Crippen molar-refractivity contribution in [2.45, 2.75) is 6.92 Å². The van der Waals surface area contributed by atoms with E-state index in [9.17, 15) is 9.18 Å². The number of halogens is 1. The minimum absolute atomic E-state index is 0.267. The molecule has 2 rings (SSSR count). The van der Waals surface area contributed by atoms with E-state index in [1.807, 2.05) is 13.0 Å². The molecule has 2 aromatic carbocycles. The number of rotatable bonds is 2. The van der Waals surface area contributed by atoms with Crippen LogP contribution < -0.4 is 5.32 Å². The first-order chi connectivity index (χ1) is 9.10. The van der Waals surface area contributed by atoms with Crippen LogP contribution in [0.1, 0.15) is 21.5 Å². The monoisotopic (exact) mass is 253 g/mol. The molecule has 0 bridgehead atoms. The van der Waals surface area contributed by atoms with Crippen LogP contribution in [0.5, 0.6) is 0 Å². The second-order valence-corrected chi connectivity index (χ2v) is 4.14. The summed E-state index contributed by atoms with van der Waals surface area (Å²) < 4.78 is 13.0. The van der Waals surface area contributed by atoms with Gasteiger partial charge in [-0.1, -0.05) is 18.1 Å². The predicted octanol–water partition coefficient (Wildman–Crippen LogP) is 3.37. The van der Waals surface area contributed by atoms with Gasteiger partial charge < -0.3 is 5.32 Å². The van der Waals surface area contributed by atoms with Crippen LogP contribution in [-0.4, -0.2) is 5.91 Å². The summed E-state index contributed by atoms with van der Waals surface area (Å²) in [7, 11) is 0. The van der Waals surface area contributed by atoms with Crippen LogP contribution in [0.2, 0.25) is 0 Å². The van der Waals surface area contributed by atoms with Crippen molar-refractivity contribution in [1.29, 1.82) is 0 Å². The van der Waals surface area contributed by atoms with Gasteiger partial charge >= 0.3 is 0 Å². The number of aryl methyl sites for hydroxylation is 1. The minimum Gasteiger partial charge on any atom is -0.322 e. The molecule has 0 saturated heterocycles. The molecular weight excluding hydrogens is 241 g/mol. The first-order valence-electron chi connectivity index (χ1n) is 5.74. The lowest BCUT2D eigenvalue weighted by atomic mass is 10.1. The average molecular weight is 253 g/mol. The largest absolute Gasteiger partial charge is 0.322 e. The van der Waals surface area contributed by atoms with E-state index < -0.39 is 5.82 Å². The Hall–Kier alpha value is -2.60. The van der Waals surface area contributed by atoms with Crippen LogP contribution in [0.25, 0.3) is 0 Å². The first kappa shape index (κ1) is 12.8. The SMILES string of the molecule is C#Cc1cc(NC(=O)c2cccc(F)c2)ccc1C. The molecule has 0 fully saturated rings. The molecule has 0 aliphatic rings. The van der Waals surface area contributed by atoms with Crippen LogP contribution in [-0.2, 0) is 0 Å². The van der Waals surface area contributed by atoms with Gasteiger partial charge in [-0.15, -0.1) is 6.42 Å². The number of carbonyl (C=O) groups excluding carboxylic acids is 1. The lowest BCUT2D eigenvalue weighted by Gasteiger charge is -2.07. The quantitative estimate of drug-likeness (QED) is 0.817. The lowest BCUT2D eigenvalue weighted by Crippen LogP contribution is -2.12. The molecule has 0 unspecified atom stereocenters. The summed E-state index contributed by atoms with van der Waals surface area (Å²) in [4.78, 5) is 11.9. The predicted molar refractivity (Wildman–Crippen MR) is 73.5 cm³/mol. The number of amides is 1. The zero-order valence-corrected chi connectivity index (χ0v) is 10.4. The zero-order valence-electron chi connectivity index (χ0n) is 10.4. The third-order valence-corrected chi connectivity index (χ3v) is 2.74. The van der Waals surface area contributed by atoms with Gasteiger partial charge in [0.1, 0.15) is 5.82 Å². The maximum Gasteiger partial charge on any atom is 0.255 e. The van der Waals surface area contributed by atoms with Crippen molar-refractivity contribution >= 4 is 11.6 Å². The van der Waals surface area contributed by atoms with Crippen molar-refractivity contribution < 1.29 is 9.18 Å². The van der Waals surface area contributed by atoms with Crippen LogP contribution in [0.4, 0.5) is 10.1 Å². The highest BCUT2D eigenvalue weighted by molar-refractivity contribution is 6.04. The van der Waals surface area contributed by atoms with Crippen molar-refractivity contribution in [2.24, 2.45) is 0 Å². The van der Waals surface area contributed by atoms with Gasteiger partial charge in [-0.25, -0.2) is 4.39 Å². The Morgan fingerprint density at radius 1 is 1.26 bits per heavy atom. The summed E-state index contributed by atoms with van der Waals surface area (Å²) in [5.74, 6) is 1.73. The van der Waals surface area contributed by atoms with E-state index in [1.54, 1.807) is 18.2 Å². The summed E-state index contributed by atoms with van der Waals surface area (Å²) >= 11 is 0. The van der Waals surface area contributed by atoms with E-state index in [2.05, 4.69) is 11.2 Å². The Kier molecular flexibility index (Phi) is 3.63. The van der Waals surface area contributed by atoms with Gasteiger partial charge in [0.2, 0.25) is 0 Å². The first-order valence-corrected chi connectivity index (χ1v) is 5.74. The Labute approximate surface area is 111 Å². The van der Waals surface area contributed by atoms with Gasteiger partial charge in [0, 0.05) is 16.8 Å². The standard InChI is InChI=1S/C16H12FNO/c1-3-12-10-15(8-7-11(12)2)18-16(19)13-5-4-6-14(17)9-13/h1,4-10H,2H3,(H,18,19). The molecule has 3 heteroatoms. The fraction of sp³-hybridized carbons (Fsp3) is 0.0625. The van der Waals surface area contributed by atoms with Gasteiger partial charge in [-0.3, -0.25) is 4.79 Å². The maximum atomic E-state index is 13.0. The molecule has 0 radical (unpaired) electrons. The molecule has 2 aromatic rings. The van der Waals surface area contributed by atoms with E-state index in [1.165, 1.54) is 18.2 Å². The highest BCUT2D eigenvalue weighted by Crippen LogP contribution is 2.15. The number of carbonyl (C=O) groups is 1. The van der Waals surface area contributed by atoms with Gasteiger partial charge in [0.15, 0.2) is 0 Å². The molecule has 19 heavy (non-hydrogen) atoms. The van der Waals surface area contributed by atoms with E-state index >= 15 is 0 Å². The number of anilines is 1. The normalized spacial score (nSPS) is 9.74. The number of hydrogen-bond donors (Lipinski definition) is 1. The number of terminal acetylenes is 1. The van der Waals surface area contributed by atoms with Crippen LogP contribution in [0.15, 0.2) is 42.5 Å². The summed E-state index contributed by atoms with van der Waals surface area (Å²) in [6.45, 7) is 1.90. The molecule has 0 spiro atoms.